The summed E-state index contributed by atoms with van der Waals surface area (Å²) in [5, 5.41) is 3.15. The predicted octanol–water partition coefficient (Wildman–Crippen LogP) is 1.92. The molecule has 0 amide bonds. The van der Waals surface area contributed by atoms with Crippen molar-refractivity contribution >= 4 is 0 Å². The summed E-state index contributed by atoms with van der Waals surface area (Å²) in [6.07, 6.45) is 4.27. The van der Waals surface area contributed by atoms with Gasteiger partial charge in [-0.25, -0.2) is 0 Å². The van der Waals surface area contributed by atoms with Gasteiger partial charge in [0, 0.05) is 12.6 Å². The van der Waals surface area contributed by atoms with E-state index in [0.29, 0.717) is 6.61 Å². The van der Waals surface area contributed by atoms with Crippen molar-refractivity contribution in [3.63, 3.8) is 0 Å². The molecule has 0 aromatic carbocycles. The molecule has 1 fully saturated rings. The number of hydrogen-bond donors (Lipinski definition) is 1. The molecule has 1 aliphatic heterocycles. The minimum atomic E-state index is 0.255. The van der Waals surface area contributed by atoms with Gasteiger partial charge in [0.05, 0.1) is 18.0 Å². The molecular formula is C13H20N2O2. The molecule has 1 aromatic heterocycles. The van der Waals surface area contributed by atoms with E-state index in [1.807, 2.05) is 19.2 Å². The molecule has 0 saturated carbocycles. The van der Waals surface area contributed by atoms with Gasteiger partial charge in [-0.1, -0.05) is 0 Å². The fourth-order valence-electron chi connectivity index (χ4n) is 1.85. The van der Waals surface area contributed by atoms with Crippen LogP contribution in [-0.4, -0.2) is 31.3 Å². The van der Waals surface area contributed by atoms with E-state index in [4.69, 9.17) is 9.47 Å². The highest BCUT2D eigenvalue weighted by atomic mass is 16.5. The van der Waals surface area contributed by atoms with Gasteiger partial charge >= 0.3 is 0 Å². The van der Waals surface area contributed by atoms with E-state index >= 15 is 0 Å². The molecule has 2 rings (SSSR count). The molecule has 2 unspecified atom stereocenters. The first kappa shape index (κ1) is 12.3. The van der Waals surface area contributed by atoms with Crippen LogP contribution in [0.25, 0.3) is 0 Å². The highest BCUT2D eigenvalue weighted by Crippen LogP contribution is 2.17. The van der Waals surface area contributed by atoms with Crippen LogP contribution >= 0.6 is 0 Å². The van der Waals surface area contributed by atoms with Crippen LogP contribution in [0, 0.1) is 0 Å². The summed E-state index contributed by atoms with van der Waals surface area (Å²) in [6.45, 7) is 3.57. The highest BCUT2D eigenvalue weighted by Gasteiger charge is 2.16. The summed E-state index contributed by atoms with van der Waals surface area (Å²) in [4.78, 5) is 4.37. The van der Waals surface area contributed by atoms with Crippen LogP contribution in [0.2, 0.25) is 0 Å². The predicted molar refractivity (Wildman–Crippen MR) is 66.2 cm³/mol. The van der Waals surface area contributed by atoms with Gasteiger partial charge in [0.1, 0.15) is 12.4 Å². The van der Waals surface area contributed by atoms with Crippen molar-refractivity contribution in [2.24, 2.45) is 0 Å². The van der Waals surface area contributed by atoms with Gasteiger partial charge in [-0.05, 0) is 38.9 Å². The van der Waals surface area contributed by atoms with Crippen LogP contribution in [0.4, 0.5) is 0 Å². The maximum Gasteiger partial charge on any atom is 0.137 e. The fourth-order valence-corrected chi connectivity index (χ4v) is 1.85. The molecule has 1 aromatic rings. The second-order valence-corrected chi connectivity index (χ2v) is 4.38. The lowest BCUT2D eigenvalue weighted by Gasteiger charge is -2.13. The maximum absolute atomic E-state index is 5.65. The van der Waals surface area contributed by atoms with Crippen molar-refractivity contribution in [1.29, 1.82) is 0 Å². The molecule has 2 heterocycles. The first-order chi connectivity index (χ1) is 8.29. The first-order valence-electron chi connectivity index (χ1n) is 6.17. The molecule has 0 spiro atoms. The van der Waals surface area contributed by atoms with Crippen LogP contribution in [0.15, 0.2) is 18.3 Å². The van der Waals surface area contributed by atoms with Crippen LogP contribution in [0.3, 0.4) is 0 Å². The van der Waals surface area contributed by atoms with Crippen LogP contribution in [0.5, 0.6) is 5.75 Å². The summed E-state index contributed by atoms with van der Waals surface area (Å²) < 4.78 is 11.1. The summed E-state index contributed by atoms with van der Waals surface area (Å²) in [7, 11) is 1.92. The third-order valence-electron chi connectivity index (χ3n) is 3.10. The lowest BCUT2D eigenvalue weighted by Crippen LogP contribution is -2.17. The quantitative estimate of drug-likeness (QED) is 0.848. The zero-order chi connectivity index (χ0) is 12.1. The lowest BCUT2D eigenvalue weighted by molar-refractivity contribution is 0.0678. The molecule has 4 nitrogen and oxygen atoms in total. The Balaban J connectivity index is 1.84. The van der Waals surface area contributed by atoms with Gasteiger partial charge in [0.15, 0.2) is 0 Å². The Morgan fingerprint density at radius 1 is 1.59 bits per heavy atom. The van der Waals surface area contributed by atoms with Crippen LogP contribution in [-0.2, 0) is 4.74 Å². The number of aromatic nitrogens is 1. The van der Waals surface area contributed by atoms with Gasteiger partial charge in [0.25, 0.3) is 0 Å². The SMILES string of the molecule is CNC(C)c1ccc(OCC2CCCO2)cn1. The van der Waals surface area contributed by atoms with Crippen molar-refractivity contribution in [1.82, 2.24) is 10.3 Å². The molecule has 0 bridgehead atoms. The standard InChI is InChI=1S/C13H20N2O2/c1-10(14-2)13-6-5-11(8-15-13)17-9-12-4-3-7-16-12/h5-6,8,10,12,14H,3-4,7,9H2,1-2H3. The van der Waals surface area contributed by atoms with Crippen LogP contribution < -0.4 is 10.1 Å². The smallest absolute Gasteiger partial charge is 0.137 e. The van der Waals surface area contributed by atoms with E-state index in [2.05, 4.69) is 17.2 Å². The molecule has 4 heteroatoms. The van der Waals surface area contributed by atoms with Crippen molar-refractivity contribution < 1.29 is 9.47 Å². The van der Waals surface area contributed by atoms with Crippen molar-refractivity contribution in [3.05, 3.63) is 24.0 Å². The largest absolute Gasteiger partial charge is 0.489 e. The highest BCUT2D eigenvalue weighted by molar-refractivity contribution is 5.21. The summed E-state index contributed by atoms with van der Waals surface area (Å²) in [6, 6.07) is 4.22. The number of nitrogens with zero attached hydrogens (tertiary/aromatic N) is 1. The molecule has 0 aliphatic carbocycles. The van der Waals surface area contributed by atoms with Crippen molar-refractivity contribution in [3.8, 4) is 5.75 Å². The normalized spacial score (nSPS) is 21.4. The third kappa shape index (κ3) is 3.41. The van der Waals surface area contributed by atoms with E-state index in [0.717, 1.165) is 30.9 Å². The van der Waals surface area contributed by atoms with E-state index in [-0.39, 0.29) is 12.1 Å². The molecule has 0 radical (unpaired) electrons. The van der Waals surface area contributed by atoms with Crippen molar-refractivity contribution in [2.75, 3.05) is 20.3 Å². The monoisotopic (exact) mass is 236 g/mol. The Hall–Kier alpha value is -1.13. The van der Waals surface area contributed by atoms with Gasteiger partial charge in [-0.2, -0.15) is 0 Å². The molecule has 1 N–H and O–H groups in total. The molecule has 1 aliphatic rings. The van der Waals surface area contributed by atoms with Gasteiger partial charge in [-0.15, -0.1) is 0 Å². The summed E-state index contributed by atoms with van der Waals surface area (Å²) >= 11 is 0. The van der Waals surface area contributed by atoms with E-state index < -0.39 is 0 Å². The molecular weight excluding hydrogens is 216 g/mol. The molecule has 17 heavy (non-hydrogen) atoms. The van der Waals surface area contributed by atoms with Gasteiger partial charge in [0.2, 0.25) is 0 Å². The lowest BCUT2D eigenvalue weighted by atomic mass is 10.2. The first-order valence-corrected chi connectivity index (χ1v) is 6.17. The van der Waals surface area contributed by atoms with Crippen molar-refractivity contribution in [2.45, 2.75) is 31.9 Å². The Labute approximate surface area is 102 Å². The molecule has 94 valence electrons. The van der Waals surface area contributed by atoms with Gasteiger partial charge < -0.3 is 14.8 Å². The molecule has 1 saturated heterocycles. The van der Waals surface area contributed by atoms with Gasteiger partial charge in [-0.3, -0.25) is 4.98 Å². The number of hydrogen-bond acceptors (Lipinski definition) is 4. The second kappa shape index (κ2) is 5.98. The number of pyridine rings is 1. The van der Waals surface area contributed by atoms with E-state index in [1.165, 1.54) is 0 Å². The Bertz CT molecular complexity index is 334. The van der Waals surface area contributed by atoms with E-state index in [9.17, 15) is 0 Å². The Morgan fingerprint density at radius 3 is 3.06 bits per heavy atom. The summed E-state index contributed by atoms with van der Waals surface area (Å²) in [5.74, 6) is 0.813. The zero-order valence-electron chi connectivity index (χ0n) is 10.5. The Kier molecular flexibility index (Phi) is 4.34. The minimum absolute atomic E-state index is 0.255. The Morgan fingerprint density at radius 2 is 2.47 bits per heavy atom. The average Bonchev–Trinajstić information content (AvgIpc) is 2.89. The maximum atomic E-state index is 5.65. The minimum Gasteiger partial charge on any atom is -0.489 e. The number of rotatable bonds is 5. The second-order valence-electron chi connectivity index (χ2n) is 4.38. The average molecular weight is 236 g/mol. The topological polar surface area (TPSA) is 43.4 Å². The summed E-state index contributed by atoms with van der Waals surface area (Å²) in [5.41, 5.74) is 1.02. The number of nitrogens with one attached hydrogen (secondary N) is 1. The zero-order valence-corrected chi connectivity index (χ0v) is 10.5. The fraction of sp³-hybridized carbons (Fsp3) is 0.615. The van der Waals surface area contributed by atoms with Crippen LogP contribution in [0.1, 0.15) is 31.5 Å². The molecule has 2 atom stereocenters. The third-order valence-corrected chi connectivity index (χ3v) is 3.10. The van der Waals surface area contributed by atoms with E-state index in [1.54, 1.807) is 6.20 Å². The number of ether oxygens (including phenoxy) is 2.